The van der Waals surface area contributed by atoms with E-state index in [-0.39, 0.29) is 23.9 Å². The minimum Gasteiger partial charge on any atom is -0.352 e. The van der Waals surface area contributed by atoms with Crippen LogP contribution in [0.4, 0.5) is 10.1 Å². The van der Waals surface area contributed by atoms with Crippen LogP contribution < -0.4 is 10.6 Å². The Labute approximate surface area is 126 Å². The molecule has 0 bridgehead atoms. The second-order valence-electron chi connectivity index (χ2n) is 4.40. The van der Waals surface area contributed by atoms with Crippen LogP contribution in [-0.4, -0.2) is 18.4 Å². The van der Waals surface area contributed by atoms with Crippen molar-refractivity contribution in [1.29, 1.82) is 0 Å². The summed E-state index contributed by atoms with van der Waals surface area (Å²) in [5, 5.41) is 8.82. The van der Waals surface area contributed by atoms with Crippen molar-refractivity contribution in [1.82, 2.24) is 5.32 Å². The second-order valence-corrected chi connectivity index (χ2v) is 5.18. The van der Waals surface area contributed by atoms with E-state index in [2.05, 4.69) is 10.6 Å². The van der Waals surface area contributed by atoms with Crippen LogP contribution in [0, 0.1) is 5.82 Å². The molecule has 0 aliphatic rings. The Bertz CT molecular complexity index is 614. The molecule has 0 fully saturated rings. The molecule has 6 heteroatoms. The van der Waals surface area contributed by atoms with E-state index in [1.54, 1.807) is 23.6 Å². The zero-order valence-corrected chi connectivity index (χ0v) is 12.1. The van der Waals surface area contributed by atoms with Crippen LogP contribution in [0.15, 0.2) is 41.1 Å². The summed E-state index contributed by atoms with van der Waals surface area (Å²) >= 11 is 1.45. The van der Waals surface area contributed by atoms with E-state index >= 15 is 0 Å². The van der Waals surface area contributed by atoms with Crippen LogP contribution in [-0.2, 0) is 4.79 Å². The number of carbonyl (C=O) groups excluding carboxylic acids is 2. The van der Waals surface area contributed by atoms with Crippen molar-refractivity contribution >= 4 is 28.8 Å². The summed E-state index contributed by atoms with van der Waals surface area (Å²) in [5.41, 5.74) is 0.792. The maximum atomic E-state index is 13.3. The molecule has 2 amide bonds. The first kappa shape index (κ1) is 15.2. The molecule has 21 heavy (non-hydrogen) atoms. The highest BCUT2D eigenvalue weighted by Gasteiger charge is 2.07. The average molecular weight is 306 g/mol. The van der Waals surface area contributed by atoms with Gasteiger partial charge in [-0.2, -0.15) is 11.3 Å². The van der Waals surface area contributed by atoms with Crippen molar-refractivity contribution in [2.45, 2.75) is 12.8 Å². The summed E-state index contributed by atoms with van der Waals surface area (Å²) in [6, 6.07) is 7.75. The fourth-order valence-corrected chi connectivity index (χ4v) is 2.36. The largest absolute Gasteiger partial charge is 0.352 e. The van der Waals surface area contributed by atoms with Crippen molar-refractivity contribution in [2.75, 3.05) is 11.9 Å². The highest BCUT2D eigenvalue weighted by Crippen LogP contribution is 2.12. The molecule has 1 aromatic heterocycles. The molecule has 0 aliphatic carbocycles. The number of hydrogen-bond donors (Lipinski definition) is 2. The van der Waals surface area contributed by atoms with E-state index in [1.807, 2.05) is 5.38 Å². The Kier molecular flexibility index (Phi) is 5.45. The van der Waals surface area contributed by atoms with Crippen molar-refractivity contribution < 1.29 is 14.0 Å². The normalized spacial score (nSPS) is 10.1. The van der Waals surface area contributed by atoms with E-state index in [0.717, 1.165) is 0 Å². The van der Waals surface area contributed by atoms with Gasteiger partial charge in [0.2, 0.25) is 5.91 Å². The molecule has 2 rings (SSSR count). The lowest BCUT2D eigenvalue weighted by atomic mass is 10.2. The monoisotopic (exact) mass is 306 g/mol. The van der Waals surface area contributed by atoms with Gasteiger partial charge < -0.3 is 10.6 Å². The van der Waals surface area contributed by atoms with Crippen LogP contribution in [0.1, 0.15) is 23.2 Å². The third-order valence-electron chi connectivity index (χ3n) is 2.80. The number of halogens is 1. The van der Waals surface area contributed by atoms with Crippen molar-refractivity contribution in [3.05, 3.63) is 52.5 Å². The van der Waals surface area contributed by atoms with E-state index < -0.39 is 5.82 Å². The predicted octanol–water partition coefficient (Wildman–Crippen LogP) is 3.04. The van der Waals surface area contributed by atoms with E-state index in [1.165, 1.54) is 23.5 Å². The van der Waals surface area contributed by atoms with Crippen LogP contribution in [0.25, 0.3) is 0 Å². The van der Waals surface area contributed by atoms with Gasteiger partial charge >= 0.3 is 0 Å². The molecule has 0 saturated heterocycles. The van der Waals surface area contributed by atoms with Crippen molar-refractivity contribution in [2.24, 2.45) is 0 Å². The molecule has 2 aromatic rings. The fraction of sp³-hybridized carbons (Fsp3) is 0.200. The Morgan fingerprint density at radius 3 is 2.71 bits per heavy atom. The Morgan fingerprint density at radius 2 is 2.00 bits per heavy atom. The molecule has 1 heterocycles. The summed E-state index contributed by atoms with van der Waals surface area (Å²) < 4.78 is 13.3. The third-order valence-corrected chi connectivity index (χ3v) is 3.48. The van der Waals surface area contributed by atoms with Gasteiger partial charge in [-0.15, -0.1) is 0 Å². The molecule has 0 aliphatic heterocycles. The number of anilines is 1. The molecule has 0 saturated carbocycles. The maximum Gasteiger partial charge on any atom is 0.252 e. The number of rotatable bonds is 6. The molecule has 0 unspecified atom stereocenters. The molecule has 2 N–H and O–H groups in total. The van der Waals surface area contributed by atoms with Gasteiger partial charge in [0.05, 0.1) is 5.69 Å². The van der Waals surface area contributed by atoms with Gasteiger partial charge in [0.1, 0.15) is 5.82 Å². The number of thiophene rings is 1. The molecule has 4 nitrogen and oxygen atoms in total. The summed E-state index contributed by atoms with van der Waals surface area (Å²) in [7, 11) is 0. The lowest BCUT2D eigenvalue weighted by Gasteiger charge is -2.06. The summed E-state index contributed by atoms with van der Waals surface area (Å²) in [6.45, 7) is 0.402. The number of hydrogen-bond acceptors (Lipinski definition) is 3. The molecular weight excluding hydrogens is 291 g/mol. The first-order valence-corrected chi connectivity index (χ1v) is 7.46. The Hall–Kier alpha value is -2.21. The number of amides is 2. The first-order valence-electron chi connectivity index (χ1n) is 6.51. The number of benzene rings is 1. The highest BCUT2D eigenvalue weighted by molar-refractivity contribution is 7.08. The van der Waals surface area contributed by atoms with Crippen molar-refractivity contribution in [3.63, 3.8) is 0 Å². The molecule has 0 atom stereocenters. The summed E-state index contributed by atoms with van der Waals surface area (Å²) in [4.78, 5) is 23.3. The smallest absolute Gasteiger partial charge is 0.252 e. The summed E-state index contributed by atoms with van der Waals surface area (Å²) in [5.74, 6) is -0.882. The minimum absolute atomic E-state index is 0.147. The molecule has 0 spiro atoms. The molecular formula is C15H15FN2O2S. The topological polar surface area (TPSA) is 58.2 Å². The Balaban J connectivity index is 1.68. The second kappa shape index (κ2) is 7.54. The molecule has 1 aromatic carbocycles. The number of para-hydroxylation sites is 1. The van der Waals surface area contributed by atoms with Crippen molar-refractivity contribution in [3.8, 4) is 0 Å². The lowest BCUT2D eigenvalue weighted by Crippen LogP contribution is -2.25. The van der Waals surface area contributed by atoms with Crippen LogP contribution in [0.3, 0.4) is 0 Å². The van der Waals surface area contributed by atoms with E-state index in [4.69, 9.17) is 0 Å². The highest BCUT2D eigenvalue weighted by atomic mass is 32.1. The number of nitrogens with one attached hydrogen (secondary N) is 2. The average Bonchev–Trinajstić information content (AvgIpc) is 3.00. The first-order chi connectivity index (χ1) is 10.2. The number of carbonyl (C=O) groups is 2. The SMILES string of the molecule is O=C(CCCNC(=O)c1ccsc1)Nc1ccccc1F. The van der Waals surface area contributed by atoms with Gasteiger partial charge in [0, 0.05) is 23.9 Å². The lowest BCUT2D eigenvalue weighted by molar-refractivity contribution is -0.116. The zero-order chi connectivity index (χ0) is 15.1. The quantitative estimate of drug-likeness (QED) is 0.806. The standard InChI is InChI=1S/C15H15FN2O2S/c16-12-4-1-2-5-13(12)18-14(19)6-3-8-17-15(20)11-7-9-21-10-11/h1-2,4-5,7,9-10H,3,6,8H2,(H,17,20)(H,18,19). The van der Waals surface area contributed by atoms with Crippen LogP contribution in [0.2, 0.25) is 0 Å². The van der Waals surface area contributed by atoms with Gasteiger partial charge in [-0.25, -0.2) is 4.39 Å². The van der Waals surface area contributed by atoms with Crippen LogP contribution >= 0.6 is 11.3 Å². The zero-order valence-electron chi connectivity index (χ0n) is 11.3. The van der Waals surface area contributed by atoms with Gasteiger partial charge in [0.25, 0.3) is 5.91 Å². The van der Waals surface area contributed by atoms with E-state index in [0.29, 0.717) is 18.5 Å². The predicted molar refractivity (Wildman–Crippen MR) is 80.9 cm³/mol. The minimum atomic E-state index is -0.461. The van der Waals surface area contributed by atoms with Gasteiger partial charge in [0.15, 0.2) is 0 Å². The van der Waals surface area contributed by atoms with Gasteiger partial charge in [-0.3, -0.25) is 9.59 Å². The molecule has 110 valence electrons. The van der Waals surface area contributed by atoms with Crippen LogP contribution in [0.5, 0.6) is 0 Å². The fourth-order valence-electron chi connectivity index (χ4n) is 1.72. The summed E-state index contributed by atoms with van der Waals surface area (Å²) in [6.07, 6.45) is 0.717. The van der Waals surface area contributed by atoms with Gasteiger partial charge in [-0.05, 0) is 30.0 Å². The van der Waals surface area contributed by atoms with E-state index in [9.17, 15) is 14.0 Å². The third kappa shape index (κ3) is 4.68. The Morgan fingerprint density at radius 1 is 1.19 bits per heavy atom. The van der Waals surface area contributed by atoms with Gasteiger partial charge in [-0.1, -0.05) is 12.1 Å². The maximum absolute atomic E-state index is 13.3. The molecule has 0 radical (unpaired) electrons.